The number of carbonyl (C=O) groups excluding carboxylic acids is 1. The lowest BCUT2D eigenvalue weighted by Gasteiger charge is -2.16. The summed E-state index contributed by atoms with van der Waals surface area (Å²) in [6.45, 7) is 6.72. The van der Waals surface area contributed by atoms with E-state index in [0.29, 0.717) is 24.0 Å². The predicted molar refractivity (Wildman–Crippen MR) is 117 cm³/mol. The van der Waals surface area contributed by atoms with Gasteiger partial charge in [-0.2, -0.15) is 5.10 Å². The Morgan fingerprint density at radius 2 is 2.20 bits per heavy atom. The molecular weight excluding hydrogens is 398 g/mol. The Kier molecular flexibility index (Phi) is 5.97. The van der Waals surface area contributed by atoms with Crippen LogP contribution in [0.15, 0.2) is 24.5 Å². The molecule has 158 valence electrons. The van der Waals surface area contributed by atoms with Crippen LogP contribution in [0.3, 0.4) is 0 Å². The van der Waals surface area contributed by atoms with Gasteiger partial charge in [0.15, 0.2) is 0 Å². The number of thiophene rings is 1. The molecular formula is C22H27N5O2S. The Morgan fingerprint density at radius 1 is 1.40 bits per heavy atom. The van der Waals surface area contributed by atoms with E-state index in [-0.39, 0.29) is 11.9 Å². The number of nitrogens with zero attached hydrogens (tertiary/aromatic N) is 4. The van der Waals surface area contributed by atoms with Crippen molar-refractivity contribution in [3.05, 3.63) is 45.5 Å². The Hall–Kier alpha value is -2.58. The van der Waals surface area contributed by atoms with E-state index < -0.39 is 0 Å². The smallest absolute Gasteiger partial charge is 0.255 e. The first kappa shape index (κ1) is 20.7. The fourth-order valence-electron chi connectivity index (χ4n) is 3.65. The van der Waals surface area contributed by atoms with Crippen molar-refractivity contribution >= 4 is 17.2 Å². The molecule has 4 rings (SSSR count). The van der Waals surface area contributed by atoms with E-state index in [9.17, 15) is 4.79 Å². The number of amides is 1. The Balaban J connectivity index is 1.68. The Bertz CT molecular complexity index is 1050. The van der Waals surface area contributed by atoms with Crippen LogP contribution in [0.4, 0.5) is 0 Å². The van der Waals surface area contributed by atoms with Crippen LogP contribution < -0.4 is 5.32 Å². The van der Waals surface area contributed by atoms with Crippen molar-refractivity contribution in [3.63, 3.8) is 0 Å². The van der Waals surface area contributed by atoms with Crippen molar-refractivity contribution in [2.24, 2.45) is 0 Å². The third kappa shape index (κ3) is 4.15. The summed E-state index contributed by atoms with van der Waals surface area (Å²) in [4.78, 5) is 24.7. The van der Waals surface area contributed by atoms with Gasteiger partial charge in [-0.05, 0) is 45.2 Å². The predicted octanol–water partition coefficient (Wildman–Crippen LogP) is 4.04. The first-order chi connectivity index (χ1) is 14.5. The summed E-state index contributed by atoms with van der Waals surface area (Å²) in [5.41, 5.74) is 3.49. The number of aromatic nitrogens is 4. The normalized spacial score (nSPS) is 14.7. The van der Waals surface area contributed by atoms with E-state index >= 15 is 0 Å². The van der Waals surface area contributed by atoms with Gasteiger partial charge in [-0.3, -0.25) is 4.79 Å². The van der Waals surface area contributed by atoms with Crippen LogP contribution in [-0.2, 0) is 4.74 Å². The number of nitrogens with one attached hydrogen (secondary N) is 1. The molecule has 3 aromatic rings. The molecule has 3 heterocycles. The van der Waals surface area contributed by atoms with Gasteiger partial charge in [-0.15, -0.1) is 11.3 Å². The van der Waals surface area contributed by atoms with Gasteiger partial charge in [0.1, 0.15) is 0 Å². The van der Waals surface area contributed by atoms with Gasteiger partial charge < -0.3 is 10.1 Å². The monoisotopic (exact) mass is 425 g/mol. The van der Waals surface area contributed by atoms with Gasteiger partial charge in [0.25, 0.3) is 11.9 Å². The minimum Gasteiger partial charge on any atom is -0.383 e. The molecule has 1 aliphatic rings. The molecule has 1 fully saturated rings. The molecule has 7 nitrogen and oxygen atoms in total. The van der Waals surface area contributed by atoms with Gasteiger partial charge >= 0.3 is 0 Å². The number of methoxy groups -OCH3 is 1. The van der Waals surface area contributed by atoms with Crippen molar-refractivity contribution in [2.45, 2.75) is 52.0 Å². The summed E-state index contributed by atoms with van der Waals surface area (Å²) in [6.07, 6.45) is 6.29. The standard InChI is InChI=1S/C22H27N5O2S/c1-5-16(12-29-4)25-21(28)18-11-24-27(20(18)15-6-7-15)22-23-9-8-19(26-22)17-10-13(2)30-14(17)3/h8-11,15-16H,5-7,12H2,1-4H3,(H,25,28). The first-order valence-corrected chi connectivity index (χ1v) is 11.1. The molecule has 1 atom stereocenters. The third-order valence-corrected chi connectivity index (χ3v) is 6.33. The van der Waals surface area contributed by atoms with Crippen molar-refractivity contribution < 1.29 is 9.53 Å². The van der Waals surface area contributed by atoms with E-state index in [0.717, 1.165) is 36.2 Å². The summed E-state index contributed by atoms with van der Waals surface area (Å²) in [5.74, 6) is 0.696. The van der Waals surface area contributed by atoms with Crippen molar-refractivity contribution in [1.82, 2.24) is 25.1 Å². The fourth-order valence-corrected chi connectivity index (χ4v) is 4.59. The molecule has 1 saturated carbocycles. The maximum absolute atomic E-state index is 13.0. The number of carbonyl (C=O) groups is 1. The highest BCUT2D eigenvalue weighted by Crippen LogP contribution is 2.42. The van der Waals surface area contributed by atoms with Crippen molar-refractivity contribution in [2.75, 3.05) is 13.7 Å². The summed E-state index contributed by atoms with van der Waals surface area (Å²) in [5, 5.41) is 7.57. The average Bonchev–Trinajstić information content (AvgIpc) is 3.38. The van der Waals surface area contributed by atoms with E-state index in [1.54, 1.807) is 35.5 Å². The maximum atomic E-state index is 13.0. The summed E-state index contributed by atoms with van der Waals surface area (Å²) in [7, 11) is 1.64. The van der Waals surface area contributed by atoms with Crippen LogP contribution >= 0.6 is 11.3 Å². The lowest BCUT2D eigenvalue weighted by Crippen LogP contribution is -2.37. The Morgan fingerprint density at radius 3 is 2.83 bits per heavy atom. The lowest BCUT2D eigenvalue weighted by molar-refractivity contribution is 0.0893. The molecule has 3 aromatic heterocycles. The van der Waals surface area contributed by atoms with Gasteiger partial charge in [0, 0.05) is 34.5 Å². The molecule has 1 unspecified atom stereocenters. The first-order valence-electron chi connectivity index (χ1n) is 10.3. The summed E-state index contributed by atoms with van der Waals surface area (Å²) >= 11 is 1.76. The molecule has 1 amide bonds. The minimum absolute atomic E-state index is 0.0257. The van der Waals surface area contributed by atoms with Crippen LogP contribution in [0.5, 0.6) is 0 Å². The zero-order valence-electron chi connectivity index (χ0n) is 17.8. The van der Waals surface area contributed by atoms with E-state index in [1.165, 1.54) is 9.75 Å². The minimum atomic E-state index is -0.118. The van der Waals surface area contributed by atoms with Crippen molar-refractivity contribution in [1.29, 1.82) is 0 Å². The summed E-state index contributed by atoms with van der Waals surface area (Å²) in [6, 6.07) is 4.04. The number of rotatable bonds is 8. The van der Waals surface area contributed by atoms with Crippen LogP contribution in [-0.4, -0.2) is 45.4 Å². The molecule has 1 aliphatic carbocycles. The maximum Gasteiger partial charge on any atom is 0.255 e. The Labute approximate surface area is 180 Å². The molecule has 0 spiro atoms. The van der Waals surface area contributed by atoms with Gasteiger partial charge in [-0.1, -0.05) is 6.92 Å². The quantitative estimate of drug-likeness (QED) is 0.589. The van der Waals surface area contributed by atoms with Crippen LogP contribution in [0.1, 0.15) is 57.9 Å². The molecule has 0 aliphatic heterocycles. The molecule has 1 N–H and O–H groups in total. The SMILES string of the molecule is CCC(COC)NC(=O)c1cnn(-c2nccc(-c3cc(C)sc3C)n2)c1C1CC1. The zero-order valence-corrected chi connectivity index (χ0v) is 18.6. The second-order valence-corrected chi connectivity index (χ2v) is 9.19. The second kappa shape index (κ2) is 8.65. The molecule has 0 saturated heterocycles. The molecule has 0 bridgehead atoms. The fraction of sp³-hybridized carbons (Fsp3) is 0.455. The second-order valence-electron chi connectivity index (χ2n) is 7.73. The molecule has 0 aromatic carbocycles. The topological polar surface area (TPSA) is 81.9 Å². The van der Waals surface area contributed by atoms with Crippen molar-refractivity contribution in [3.8, 4) is 17.2 Å². The average molecular weight is 426 g/mol. The van der Waals surface area contributed by atoms with Gasteiger partial charge in [-0.25, -0.2) is 14.6 Å². The number of ether oxygens (including phenoxy) is 1. The third-order valence-electron chi connectivity index (χ3n) is 5.36. The lowest BCUT2D eigenvalue weighted by atomic mass is 10.1. The van der Waals surface area contributed by atoms with Crippen LogP contribution in [0.2, 0.25) is 0 Å². The van der Waals surface area contributed by atoms with E-state index in [2.05, 4.69) is 35.3 Å². The highest BCUT2D eigenvalue weighted by Gasteiger charge is 2.34. The zero-order chi connectivity index (χ0) is 21.3. The highest BCUT2D eigenvalue weighted by molar-refractivity contribution is 7.12. The number of hydrogen-bond donors (Lipinski definition) is 1. The highest BCUT2D eigenvalue weighted by atomic mass is 32.1. The van der Waals surface area contributed by atoms with Crippen LogP contribution in [0, 0.1) is 13.8 Å². The molecule has 30 heavy (non-hydrogen) atoms. The summed E-state index contributed by atoms with van der Waals surface area (Å²) < 4.78 is 6.95. The van der Waals surface area contributed by atoms with Gasteiger partial charge in [0.2, 0.25) is 0 Å². The number of aryl methyl sites for hydroxylation is 2. The van der Waals surface area contributed by atoms with Gasteiger partial charge in [0.05, 0.1) is 35.8 Å². The van der Waals surface area contributed by atoms with E-state index in [1.807, 2.05) is 13.0 Å². The number of hydrogen-bond acceptors (Lipinski definition) is 6. The van der Waals surface area contributed by atoms with E-state index in [4.69, 9.17) is 9.72 Å². The molecule has 0 radical (unpaired) electrons. The molecule has 8 heteroatoms. The van der Waals surface area contributed by atoms with Crippen LogP contribution in [0.25, 0.3) is 17.2 Å². The largest absolute Gasteiger partial charge is 0.383 e.